The maximum absolute atomic E-state index is 12.0. The standard InChI is InChI=1S/C23H29ClN2O3S/c1-4-28-23(27)18-6-5-10-26(15-18)11-12-29-25-21(22-16(2)9-13-30-22)20-8-7-19(24)14-17(20)3/h7-9,13-14,18H,4-6,10-12,15H2,1-3H3/b25-21-/t18-/m1/s1. The maximum atomic E-state index is 12.0. The van der Waals surface area contributed by atoms with Crippen LogP contribution in [0.1, 0.15) is 41.3 Å². The van der Waals surface area contributed by atoms with Crippen molar-refractivity contribution in [2.45, 2.75) is 33.6 Å². The number of ether oxygens (including phenoxy) is 1. The molecule has 1 aliphatic rings. The van der Waals surface area contributed by atoms with E-state index in [4.69, 9.17) is 21.2 Å². The highest BCUT2D eigenvalue weighted by Crippen LogP contribution is 2.25. The quantitative estimate of drug-likeness (QED) is 0.245. The number of nitrogens with zero attached hydrogens (tertiary/aromatic N) is 2. The fourth-order valence-corrected chi connectivity index (χ4v) is 4.86. The molecule has 162 valence electrons. The van der Waals surface area contributed by atoms with E-state index in [1.807, 2.05) is 32.0 Å². The van der Waals surface area contributed by atoms with Crippen LogP contribution < -0.4 is 0 Å². The Morgan fingerprint density at radius 3 is 2.83 bits per heavy atom. The van der Waals surface area contributed by atoms with E-state index in [1.54, 1.807) is 11.3 Å². The first kappa shape index (κ1) is 22.8. The van der Waals surface area contributed by atoms with Crippen LogP contribution in [0.4, 0.5) is 0 Å². The molecule has 0 saturated carbocycles. The van der Waals surface area contributed by atoms with Gasteiger partial charge in [0.1, 0.15) is 12.3 Å². The Bertz CT molecular complexity index is 896. The van der Waals surface area contributed by atoms with Crippen LogP contribution in [0.3, 0.4) is 0 Å². The van der Waals surface area contributed by atoms with Crippen LogP contribution in [-0.2, 0) is 14.4 Å². The molecule has 2 aromatic rings. The molecule has 1 aromatic carbocycles. The van der Waals surface area contributed by atoms with Gasteiger partial charge in [0.2, 0.25) is 0 Å². The van der Waals surface area contributed by atoms with Gasteiger partial charge in [0, 0.05) is 23.7 Å². The average Bonchev–Trinajstić information content (AvgIpc) is 3.15. The van der Waals surface area contributed by atoms with Gasteiger partial charge in [0.25, 0.3) is 0 Å². The number of benzene rings is 1. The monoisotopic (exact) mass is 448 g/mol. The molecule has 30 heavy (non-hydrogen) atoms. The van der Waals surface area contributed by atoms with Gasteiger partial charge in [-0.2, -0.15) is 0 Å². The van der Waals surface area contributed by atoms with Crippen molar-refractivity contribution in [3.63, 3.8) is 0 Å². The maximum Gasteiger partial charge on any atom is 0.310 e. The number of likely N-dealkylation sites (tertiary alicyclic amines) is 1. The minimum Gasteiger partial charge on any atom is -0.466 e. The molecule has 5 nitrogen and oxygen atoms in total. The average molecular weight is 449 g/mol. The van der Waals surface area contributed by atoms with E-state index in [9.17, 15) is 4.79 Å². The third kappa shape index (κ3) is 5.84. The van der Waals surface area contributed by atoms with Gasteiger partial charge in [-0.05, 0) is 74.9 Å². The Kier molecular flexibility index (Phi) is 8.31. The summed E-state index contributed by atoms with van der Waals surface area (Å²) in [6.45, 7) is 9.28. The van der Waals surface area contributed by atoms with Crippen molar-refractivity contribution >= 4 is 34.6 Å². The number of halogens is 1. The number of aryl methyl sites for hydroxylation is 2. The van der Waals surface area contributed by atoms with E-state index >= 15 is 0 Å². The minimum absolute atomic E-state index is 0.0387. The molecule has 0 aliphatic carbocycles. The summed E-state index contributed by atoms with van der Waals surface area (Å²) >= 11 is 7.79. The summed E-state index contributed by atoms with van der Waals surface area (Å²) in [5.41, 5.74) is 4.08. The van der Waals surface area contributed by atoms with Gasteiger partial charge in [0.15, 0.2) is 0 Å². The molecule has 0 radical (unpaired) electrons. The summed E-state index contributed by atoms with van der Waals surface area (Å²) in [7, 11) is 0. The third-order valence-electron chi connectivity index (χ3n) is 5.30. The van der Waals surface area contributed by atoms with Crippen molar-refractivity contribution in [2.75, 3.05) is 32.8 Å². The van der Waals surface area contributed by atoms with Gasteiger partial charge in [-0.1, -0.05) is 22.8 Å². The molecule has 0 amide bonds. The molecule has 2 heterocycles. The van der Waals surface area contributed by atoms with Gasteiger partial charge in [-0.25, -0.2) is 0 Å². The van der Waals surface area contributed by atoms with Crippen LogP contribution in [0.15, 0.2) is 34.8 Å². The first-order valence-electron chi connectivity index (χ1n) is 10.4. The first-order valence-corrected chi connectivity index (χ1v) is 11.6. The number of hydrogen-bond donors (Lipinski definition) is 0. The minimum atomic E-state index is -0.0881. The SMILES string of the molecule is CCOC(=O)[C@@H]1CCCN(CCO/N=C(/c2ccc(Cl)cc2C)c2sccc2C)C1. The summed E-state index contributed by atoms with van der Waals surface area (Å²) in [6, 6.07) is 7.90. The summed E-state index contributed by atoms with van der Waals surface area (Å²) in [5.74, 6) is -0.127. The Hall–Kier alpha value is -1.89. The highest BCUT2D eigenvalue weighted by molar-refractivity contribution is 7.12. The van der Waals surface area contributed by atoms with Crippen LogP contribution >= 0.6 is 22.9 Å². The highest BCUT2D eigenvalue weighted by atomic mass is 35.5. The molecule has 1 atom stereocenters. The van der Waals surface area contributed by atoms with Crippen molar-refractivity contribution in [1.29, 1.82) is 0 Å². The molecular formula is C23H29ClN2O3S. The molecule has 0 bridgehead atoms. The number of carbonyl (C=O) groups is 1. The molecule has 0 spiro atoms. The lowest BCUT2D eigenvalue weighted by Gasteiger charge is -2.30. The van der Waals surface area contributed by atoms with Crippen LogP contribution in [0.5, 0.6) is 0 Å². The molecule has 7 heteroatoms. The van der Waals surface area contributed by atoms with Crippen molar-refractivity contribution in [2.24, 2.45) is 11.1 Å². The summed E-state index contributed by atoms with van der Waals surface area (Å²) in [4.78, 5) is 21.1. The van der Waals surface area contributed by atoms with Crippen LogP contribution in [-0.4, -0.2) is 49.4 Å². The largest absolute Gasteiger partial charge is 0.466 e. The molecule has 0 N–H and O–H groups in total. The Balaban J connectivity index is 1.65. The van der Waals surface area contributed by atoms with Gasteiger partial charge in [-0.3, -0.25) is 9.69 Å². The smallest absolute Gasteiger partial charge is 0.310 e. The number of rotatable bonds is 8. The van der Waals surface area contributed by atoms with Gasteiger partial charge >= 0.3 is 5.97 Å². The van der Waals surface area contributed by atoms with Gasteiger partial charge in [0.05, 0.1) is 17.4 Å². The molecule has 1 fully saturated rings. The Labute approximate surface area is 187 Å². The van der Waals surface area contributed by atoms with Crippen LogP contribution in [0.25, 0.3) is 0 Å². The molecule has 3 rings (SSSR count). The zero-order valence-corrected chi connectivity index (χ0v) is 19.4. The van der Waals surface area contributed by atoms with E-state index in [-0.39, 0.29) is 11.9 Å². The van der Waals surface area contributed by atoms with E-state index in [1.165, 1.54) is 5.56 Å². The molecule has 1 saturated heterocycles. The van der Waals surface area contributed by atoms with Crippen molar-refractivity contribution in [3.8, 4) is 0 Å². The molecule has 0 unspecified atom stereocenters. The molecule has 1 aliphatic heterocycles. The Morgan fingerprint density at radius 1 is 1.30 bits per heavy atom. The van der Waals surface area contributed by atoms with E-state index in [2.05, 4.69) is 28.4 Å². The zero-order valence-electron chi connectivity index (χ0n) is 17.8. The summed E-state index contributed by atoms with van der Waals surface area (Å²) in [5, 5.41) is 7.29. The second kappa shape index (κ2) is 10.9. The molecule has 1 aromatic heterocycles. The van der Waals surface area contributed by atoms with Crippen molar-refractivity contribution in [3.05, 3.63) is 56.2 Å². The first-order chi connectivity index (χ1) is 14.5. The number of oxime groups is 1. The highest BCUT2D eigenvalue weighted by Gasteiger charge is 2.26. The second-order valence-electron chi connectivity index (χ2n) is 7.56. The van der Waals surface area contributed by atoms with Crippen molar-refractivity contribution in [1.82, 2.24) is 4.90 Å². The third-order valence-corrected chi connectivity index (χ3v) is 6.56. The fourth-order valence-electron chi connectivity index (χ4n) is 3.71. The second-order valence-corrected chi connectivity index (χ2v) is 8.91. The lowest BCUT2D eigenvalue weighted by Crippen LogP contribution is -2.40. The number of thiophene rings is 1. The molecular weight excluding hydrogens is 420 g/mol. The number of carbonyl (C=O) groups excluding carboxylic acids is 1. The van der Waals surface area contributed by atoms with E-state index in [0.29, 0.717) is 18.2 Å². The summed E-state index contributed by atoms with van der Waals surface area (Å²) in [6.07, 6.45) is 1.89. The number of esters is 1. The predicted octanol–water partition coefficient (Wildman–Crippen LogP) is 5.06. The Morgan fingerprint density at radius 2 is 2.13 bits per heavy atom. The predicted molar refractivity (Wildman–Crippen MR) is 123 cm³/mol. The zero-order chi connectivity index (χ0) is 21.5. The number of piperidine rings is 1. The van der Waals surface area contributed by atoms with Crippen molar-refractivity contribution < 1.29 is 14.4 Å². The fraction of sp³-hybridized carbons (Fsp3) is 0.478. The lowest BCUT2D eigenvalue weighted by molar-refractivity contribution is -0.150. The number of hydrogen-bond acceptors (Lipinski definition) is 6. The normalized spacial score (nSPS) is 17.7. The van der Waals surface area contributed by atoms with Crippen LogP contribution in [0.2, 0.25) is 5.02 Å². The summed E-state index contributed by atoms with van der Waals surface area (Å²) < 4.78 is 5.18. The van der Waals surface area contributed by atoms with Crippen LogP contribution in [0, 0.1) is 19.8 Å². The lowest BCUT2D eigenvalue weighted by atomic mass is 9.98. The van der Waals surface area contributed by atoms with E-state index in [0.717, 1.165) is 54.2 Å². The van der Waals surface area contributed by atoms with Gasteiger partial charge in [-0.15, -0.1) is 11.3 Å². The van der Waals surface area contributed by atoms with Gasteiger partial charge < -0.3 is 9.57 Å². The van der Waals surface area contributed by atoms with E-state index < -0.39 is 0 Å². The topological polar surface area (TPSA) is 51.1 Å².